The van der Waals surface area contributed by atoms with E-state index in [1.165, 1.54) is 4.31 Å². The first-order valence-electron chi connectivity index (χ1n) is 9.60. The number of carbonyl (C=O) groups is 2. The number of nitrogens with one attached hydrogen (secondary N) is 1. The molecular weight excluding hydrogens is 412 g/mol. The van der Waals surface area contributed by atoms with E-state index in [0.717, 1.165) is 5.56 Å². The zero-order valence-electron chi connectivity index (χ0n) is 17.1. The first kappa shape index (κ1) is 23.5. The normalized spacial score (nSPS) is 16.6. The number of piperazine rings is 1. The molecule has 0 bridgehead atoms. The fraction of sp³-hybridized carbons (Fsp3) is 0.579. The summed E-state index contributed by atoms with van der Waals surface area (Å²) in [4.78, 5) is 25.8. The molecule has 162 valence electrons. The van der Waals surface area contributed by atoms with Crippen LogP contribution in [-0.4, -0.2) is 73.8 Å². The first-order valence-corrected chi connectivity index (χ1v) is 12.4. The molecule has 0 aliphatic carbocycles. The van der Waals surface area contributed by atoms with Crippen molar-refractivity contribution in [3.05, 3.63) is 29.8 Å². The quantitative estimate of drug-likeness (QED) is 0.632. The highest BCUT2D eigenvalue weighted by atomic mass is 32.2. The molecule has 1 unspecified atom stereocenters. The zero-order chi connectivity index (χ0) is 21.6. The molecular formula is C19H30N4O4S2. The summed E-state index contributed by atoms with van der Waals surface area (Å²) in [7, 11) is -3.60. The minimum atomic E-state index is -3.60. The van der Waals surface area contributed by atoms with Crippen molar-refractivity contribution in [1.82, 2.24) is 14.5 Å². The van der Waals surface area contributed by atoms with E-state index in [0.29, 0.717) is 18.1 Å². The molecule has 8 nitrogen and oxygen atoms in total. The van der Waals surface area contributed by atoms with E-state index >= 15 is 0 Å². The smallest absolute Gasteiger partial charge is 0.312 e. The molecule has 1 atom stereocenters. The second kappa shape index (κ2) is 10.3. The molecule has 10 heteroatoms. The Morgan fingerprint density at radius 2 is 1.72 bits per heavy atom. The largest absolute Gasteiger partial charge is 0.352 e. The maximum absolute atomic E-state index is 12.9. The molecule has 1 aromatic rings. The fourth-order valence-corrected chi connectivity index (χ4v) is 5.10. The van der Waals surface area contributed by atoms with Gasteiger partial charge in [0.15, 0.2) is 0 Å². The lowest BCUT2D eigenvalue weighted by molar-refractivity contribution is -0.134. The summed E-state index contributed by atoms with van der Waals surface area (Å²) in [6.07, 6.45) is 2.40. The Bertz CT molecular complexity index is 804. The Morgan fingerprint density at radius 1 is 1.14 bits per heavy atom. The molecule has 1 aliphatic rings. The second-order valence-electron chi connectivity index (χ2n) is 7.30. The Hall–Kier alpha value is -1.78. The van der Waals surface area contributed by atoms with Gasteiger partial charge in [0.05, 0.1) is 4.90 Å². The number of primary amides is 1. The van der Waals surface area contributed by atoms with Crippen LogP contribution >= 0.6 is 11.8 Å². The molecule has 0 radical (unpaired) electrons. The molecule has 3 amide bonds. The number of amides is 3. The second-order valence-corrected chi connectivity index (χ2v) is 10.2. The maximum atomic E-state index is 12.9. The van der Waals surface area contributed by atoms with Crippen molar-refractivity contribution in [1.29, 1.82) is 0 Å². The maximum Gasteiger partial charge on any atom is 0.312 e. The number of rotatable bonds is 8. The van der Waals surface area contributed by atoms with Gasteiger partial charge in [-0.05, 0) is 42.0 Å². The van der Waals surface area contributed by atoms with Crippen LogP contribution in [0.2, 0.25) is 0 Å². The van der Waals surface area contributed by atoms with Crippen LogP contribution in [0.25, 0.3) is 0 Å². The Morgan fingerprint density at radius 3 is 2.21 bits per heavy atom. The van der Waals surface area contributed by atoms with Gasteiger partial charge in [-0.3, -0.25) is 4.79 Å². The summed E-state index contributed by atoms with van der Waals surface area (Å²) in [6, 6.07) is 5.52. The molecule has 0 spiro atoms. The summed E-state index contributed by atoms with van der Waals surface area (Å²) >= 11 is 1.57. The molecule has 1 aromatic carbocycles. The summed E-state index contributed by atoms with van der Waals surface area (Å²) in [5.74, 6) is 0.808. The SMILES string of the molecule is CSCCC(NC(N)=O)C(=O)N1CCN(S(=O)(=O)c2ccc(C(C)C)cc2)CC1. The van der Waals surface area contributed by atoms with Gasteiger partial charge in [0, 0.05) is 26.2 Å². The highest BCUT2D eigenvalue weighted by molar-refractivity contribution is 7.98. The van der Waals surface area contributed by atoms with Crippen LogP contribution in [0, 0.1) is 0 Å². The van der Waals surface area contributed by atoms with Gasteiger partial charge in [-0.15, -0.1) is 0 Å². The highest BCUT2D eigenvalue weighted by Gasteiger charge is 2.32. The molecule has 29 heavy (non-hydrogen) atoms. The van der Waals surface area contributed by atoms with Crippen LogP contribution in [0.5, 0.6) is 0 Å². The molecule has 1 aliphatic heterocycles. The minimum Gasteiger partial charge on any atom is -0.352 e. The van der Waals surface area contributed by atoms with Crippen LogP contribution in [-0.2, 0) is 14.8 Å². The summed E-state index contributed by atoms with van der Waals surface area (Å²) < 4.78 is 27.2. The van der Waals surface area contributed by atoms with Crippen LogP contribution in [0.4, 0.5) is 4.79 Å². The van der Waals surface area contributed by atoms with Crippen molar-refractivity contribution in [2.75, 3.05) is 38.2 Å². The first-order chi connectivity index (χ1) is 13.7. The van der Waals surface area contributed by atoms with Crippen LogP contribution in [0.3, 0.4) is 0 Å². The molecule has 1 fully saturated rings. The van der Waals surface area contributed by atoms with E-state index in [2.05, 4.69) is 19.2 Å². The molecule has 0 saturated carbocycles. The highest BCUT2D eigenvalue weighted by Crippen LogP contribution is 2.21. The third-order valence-electron chi connectivity index (χ3n) is 4.96. The molecule has 0 aromatic heterocycles. The van der Waals surface area contributed by atoms with Gasteiger partial charge in [-0.1, -0.05) is 26.0 Å². The topological polar surface area (TPSA) is 113 Å². The summed E-state index contributed by atoms with van der Waals surface area (Å²) in [6.45, 7) is 5.09. The average molecular weight is 443 g/mol. The number of sulfonamides is 1. The van der Waals surface area contributed by atoms with Gasteiger partial charge in [-0.25, -0.2) is 13.2 Å². The Kier molecular flexibility index (Phi) is 8.35. The lowest BCUT2D eigenvalue weighted by Gasteiger charge is -2.35. The van der Waals surface area contributed by atoms with E-state index < -0.39 is 22.1 Å². The minimum absolute atomic E-state index is 0.214. The van der Waals surface area contributed by atoms with E-state index in [1.54, 1.807) is 28.8 Å². The molecule has 1 saturated heterocycles. The number of hydrogen-bond acceptors (Lipinski definition) is 5. The van der Waals surface area contributed by atoms with Crippen molar-refractivity contribution in [3.63, 3.8) is 0 Å². The Balaban J connectivity index is 2.02. The number of hydrogen-bond donors (Lipinski definition) is 2. The van der Waals surface area contributed by atoms with Crippen LogP contribution in [0.15, 0.2) is 29.2 Å². The predicted octanol–water partition coefficient (Wildman–Crippen LogP) is 1.43. The Labute approximate surface area is 177 Å². The average Bonchev–Trinajstić information content (AvgIpc) is 2.70. The van der Waals surface area contributed by atoms with E-state index in [4.69, 9.17) is 5.73 Å². The van der Waals surface area contributed by atoms with E-state index in [1.807, 2.05) is 18.4 Å². The van der Waals surface area contributed by atoms with Crippen LogP contribution < -0.4 is 11.1 Å². The van der Waals surface area contributed by atoms with Gasteiger partial charge in [0.2, 0.25) is 15.9 Å². The van der Waals surface area contributed by atoms with Gasteiger partial charge in [0.1, 0.15) is 6.04 Å². The zero-order valence-corrected chi connectivity index (χ0v) is 18.8. The third kappa shape index (κ3) is 6.10. The molecule has 1 heterocycles. The molecule has 3 N–H and O–H groups in total. The fourth-order valence-electron chi connectivity index (χ4n) is 3.21. The number of benzene rings is 1. The van der Waals surface area contributed by atoms with Crippen molar-refractivity contribution < 1.29 is 18.0 Å². The number of nitrogens with two attached hydrogens (primary N) is 1. The summed E-state index contributed by atoms with van der Waals surface area (Å²) in [5.41, 5.74) is 6.27. The molecule has 2 rings (SSSR count). The number of urea groups is 1. The number of carbonyl (C=O) groups excluding carboxylic acids is 2. The summed E-state index contributed by atoms with van der Waals surface area (Å²) in [5, 5.41) is 2.50. The number of nitrogens with zero attached hydrogens (tertiary/aromatic N) is 2. The lowest BCUT2D eigenvalue weighted by Crippen LogP contribution is -2.56. The van der Waals surface area contributed by atoms with Gasteiger partial charge in [0.25, 0.3) is 0 Å². The van der Waals surface area contributed by atoms with Gasteiger partial charge >= 0.3 is 6.03 Å². The van der Waals surface area contributed by atoms with E-state index in [-0.39, 0.29) is 37.0 Å². The van der Waals surface area contributed by atoms with E-state index in [9.17, 15) is 18.0 Å². The van der Waals surface area contributed by atoms with Gasteiger partial charge in [-0.2, -0.15) is 16.1 Å². The number of thioether (sulfide) groups is 1. The van der Waals surface area contributed by atoms with Crippen molar-refractivity contribution >= 4 is 33.7 Å². The van der Waals surface area contributed by atoms with Crippen LogP contribution in [0.1, 0.15) is 31.7 Å². The van der Waals surface area contributed by atoms with Crippen molar-refractivity contribution in [3.8, 4) is 0 Å². The lowest BCUT2D eigenvalue weighted by atomic mass is 10.0. The monoisotopic (exact) mass is 442 g/mol. The van der Waals surface area contributed by atoms with Crippen molar-refractivity contribution in [2.45, 2.75) is 37.1 Å². The predicted molar refractivity (Wildman–Crippen MR) is 115 cm³/mol. The van der Waals surface area contributed by atoms with Gasteiger partial charge < -0.3 is 16.0 Å². The van der Waals surface area contributed by atoms with Crippen molar-refractivity contribution in [2.24, 2.45) is 5.73 Å². The third-order valence-corrected chi connectivity index (χ3v) is 7.52. The standard InChI is InChI=1S/C19H30N4O4S2/c1-14(2)15-4-6-16(7-5-15)29(26,27)23-11-9-22(10-12-23)18(24)17(8-13-28-3)21-19(20)25/h4-7,14,17H,8-13H2,1-3H3,(H3,20,21,25).